The van der Waals surface area contributed by atoms with E-state index in [0.29, 0.717) is 31.8 Å². The molecule has 1 aromatic rings. The average Bonchev–Trinajstić information content (AvgIpc) is 2.90. The summed E-state index contributed by atoms with van der Waals surface area (Å²) in [5, 5.41) is 2.78. The predicted molar refractivity (Wildman–Crippen MR) is 105 cm³/mol. The molecule has 0 aliphatic carbocycles. The average molecular weight is 387 g/mol. The molecule has 0 spiro atoms. The van der Waals surface area contributed by atoms with Crippen molar-refractivity contribution in [2.75, 3.05) is 26.7 Å². The highest BCUT2D eigenvalue weighted by atomic mass is 16.5. The van der Waals surface area contributed by atoms with Crippen molar-refractivity contribution in [2.24, 2.45) is 5.92 Å². The largest absolute Gasteiger partial charge is 0.497 e. The molecule has 1 aromatic carbocycles. The highest BCUT2D eigenvalue weighted by Gasteiger charge is 2.48. The second-order valence-electron chi connectivity index (χ2n) is 8.09. The molecule has 7 nitrogen and oxygen atoms in total. The van der Waals surface area contributed by atoms with E-state index in [-0.39, 0.29) is 18.4 Å². The van der Waals surface area contributed by atoms with Gasteiger partial charge in [0.05, 0.1) is 7.11 Å². The minimum absolute atomic E-state index is 0.158. The molecule has 2 saturated heterocycles. The predicted octanol–water partition coefficient (Wildman–Crippen LogP) is 2.20. The minimum Gasteiger partial charge on any atom is -0.497 e. The maximum absolute atomic E-state index is 12.9. The third-order valence-electron chi connectivity index (χ3n) is 5.72. The Balaban J connectivity index is 1.60. The number of benzene rings is 1. The van der Waals surface area contributed by atoms with Crippen molar-refractivity contribution >= 4 is 17.8 Å². The molecule has 0 saturated carbocycles. The molecule has 2 fully saturated rings. The van der Waals surface area contributed by atoms with Crippen LogP contribution in [-0.4, -0.2) is 59.9 Å². The van der Waals surface area contributed by atoms with E-state index in [1.807, 2.05) is 24.3 Å². The summed E-state index contributed by atoms with van der Waals surface area (Å²) in [5.74, 6) is 0.742. The van der Waals surface area contributed by atoms with Crippen LogP contribution in [0.4, 0.5) is 4.79 Å². The van der Waals surface area contributed by atoms with Crippen molar-refractivity contribution in [3.63, 3.8) is 0 Å². The summed E-state index contributed by atoms with van der Waals surface area (Å²) < 4.78 is 5.15. The molecule has 2 atom stereocenters. The van der Waals surface area contributed by atoms with Crippen molar-refractivity contribution in [1.82, 2.24) is 15.1 Å². The Hall–Kier alpha value is -2.57. The second kappa shape index (κ2) is 8.20. The molecule has 4 amide bonds. The van der Waals surface area contributed by atoms with Crippen molar-refractivity contribution in [3.05, 3.63) is 29.8 Å². The number of hydrogen-bond acceptors (Lipinski definition) is 4. The number of nitrogens with zero attached hydrogens (tertiary/aromatic N) is 2. The molecule has 28 heavy (non-hydrogen) atoms. The molecule has 1 N–H and O–H groups in total. The fraction of sp³-hybridized carbons (Fsp3) is 0.571. The molecule has 0 bridgehead atoms. The third kappa shape index (κ3) is 4.29. The van der Waals surface area contributed by atoms with Gasteiger partial charge in [0.2, 0.25) is 5.91 Å². The summed E-state index contributed by atoms with van der Waals surface area (Å²) in [7, 11) is 1.61. The van der Waals surface area contributed by atoms with Gasteiger partial charge in [-0.05, 0) is 56.2 Å². The normalized spacial score (nSPS) is 25.0. The van der Waals surface area contributed by atoms with Crippen LogP contribution >= 0.6 is 0 Å². The molecule has 152 valence electrons. The van der Waals surface area contributed by atoms with Crippen LogP contribution in [0.1, 0.15) is 38.7 Å². The summed E-state index contributed by atoms with van der Waals surface area (Å²) in [6, 6.07) is 7.15. The molecule has 2 heterocycles. The van der Waals surface area contributed by atoms with Gasteiger partial charge in [0.15, 0.2) is 0 Å². The number of nitrogens with one attached hydrogen (secondary N) is 1. The fourth-order valence-corrected chi connectivity index (χ4v) is 3.90. The van der Waals surface area contributed by atoms with E-state index in [2.05, 4.69) is 12.2 Å². The monoisotopic (exact) mass is 387 g/mol. The maximum atomic E-state index is 12.9. The van der Waals surface area contributed by atoms with Crippen molar-refractivity contribution in [3.8, 4) is 5.75 Å². The number of aryl methyl sites for hydroxylation is 1. The van der Waals surface area contributed by atoms with Crippen molar-refractivity contribution in [2.45, 2.75) is 45.1 Å². The first-order chi connectivity index (χ1) is 13.3. The highest BCUT2D eigenvalue weighted by molar-refractivity contribution is 6.08. The SMILES string of the molecule is COc1ccc(CC[C@]2(C)NC(=O)N(CC(=O)N3CCC[C@H](C)C3)C2=O)cc1. The van der Waals surface area contributed by atoms with Gasteiger partial charge in [-0.2, -0.15) is 0 Å². The topological polar surface area (TPSA) is 79.0 Å². The Labute approximate surface area is 166 Å². The van der Waals surface area contributed by atoms with E-state index in [0.717, 1.165) is 29.1 Å². The highest BCUT2D eigenvalue weighted by Crippen LogP contribution is 2.24. The van der Waals surface area contributed by atoms with Crippen LogP contribution in [0.25, 0.3) is 0 Å². The number of hydrogen-bond donors (Lipinski definition) is 1. The number of ether oxygens (including phenoxy) is 1. The van der Waals surface area contributed by atoms with E-state index in [9.17, 15) is 14.4 Å². The minimum atomic E-state index is -0.994. The van der Waals surface area contributed by atoms with Gasteiger partial charge in [0.25, 0.3) is 5.91 Å². The van der Waals surface area contributed by atoms with E-state index >= 15 is 0 Å². The molecule has 0 unspecified atom stereocenters. The maximum Gasteiger partial charge on any atom is 0.325 e. The van der Waals surface area contributed by atoms with E-state index in [1.54, 1.807) is 18.9 Å². The number of piperidine rings is 1. The molecular formula is C21H29N3O4. The molecule has 3 rings (SSSR count). The van der Waals surface area contributed by atoms with Gasteiger partial charge in [-0.3, -0.25) is 14.5 Å². The summed E-state index contributed by atoms with van der Waals surface area (Å²) in [4.78, 5) is 40.7. The zero-order chi connectivity index (χ0) is 20.3. The Morgan fingerprint density at radius 1 is 1.29 bits per heavy atom. The van der Waals surface area contributed by atoms with Crippen molar-refractivity contribution < 1.29 is 19.1 Å². The number of carbonyl (C=O) groups excluding carboxylic acids is 3. The van der Waals surface area contributed by atoms with Crippen molar-refractivity contribution in [1.29, 1.82) is 0 Å². The van der Waals surface area contributed by atoms with Gasteiger partial charge in [-0.15, -0.1) is 0 Å². The summed E-state index contributed by atoms with van der Waals surface area (Å²) in [6.07, 6.45) is 3.18. The van der Waals surface area contributed by atoms with E-state index in [1.165, 1.54) is 0 Å². The lowest BCUT2D eigenvalue weighted by atomic mass is 9.93. The Bertz CT molecular complexity index is 749. The summed E-state index contributed by atoms with van der Waals surface area (Å²) in [5.41, 5.74) is 0.0628. The molecule has 2 aliphatic heterocycles. The van der Waals surface area contributed by atoms with Gasteiger partial charge < -0.3 is 15.0 Å². The van der Waals surface area contributed by atoms with Gasteiger partial charge in [-0.1, -0.05) is 19.1 Å². The van der Waals surface area contributed by atoms with Gasteiger partial charge in [0, 0.05) is 13.1 Å². The van der Waals surface area contributed by atoms with Gasteiger partial charge in [-0.25, -0.2) is 4.79 Å². The quantitative estimate of drug-likeness (QED) is 0.759. The Morgan fingerprint density at radius 2 is 2.00 bits per heavy atom. The number of imide groups is 1. The Morgan fingerprint density at radius 3 is 2.64 bits per heavy atom. The zero-order valence-corrected chi connectivity index (χ0v) is 16.9. The van der Waals surface area contributed by atoms with Gasteiger partial charge in [0.1, 0.15) is 17.8 Å². The number of amides is 4. The third-order valence-corrected chi connectivity index (χ3v) is 5.72. The molecule has 0 aromatic heterocycles. The molecule has 7 heteroatoms. The zero-order valence-electron chi connectivity index (χ0n) is 16.9. The molecule has 0 radical (unpaired) electrons. The number of likely N-dealkylation sites (tertiary alicyclic amines) is 1. The lowest BCUT2D eigenvalue weighted by Gasteiger charge is -2.31. The van der Waals surface area contributed by atoms with Crippen LogP contribution in [0, 0.1) is 5.92 Å². The first-order valence-electron chi connectivity index (χ1n) is 9.87. The number of urea groups is 1. The first-order valence-corrected chi connectivity index (χ1v) is 9.87. The van der Waals surface area contributed by atoms with Crippen LogP contribution < -0.4 is 10.1 Å². The Kier molecular flexibility index (Phi) is 5.91. The van der Waals surface area contributed by atoms with Crippen LogP contribution in [0.2, 0.25) is 0 Å². The second-order valence-corrected chi connectivity index (χ2v) is 8.09. The van der Waals surface area contributed by atoms with Crippen LogP contribution in [0.5, 0.6) is 5.75 Å². The van der Waals surface area contributed by atoms with Crippen LogP contribution in [0.15, 0.2) is 24.3 Å². The summed E-state index contributed by atoms with van der Waals surface area (Å²) >= 11 is 0. The van der Waals surface area contributed by atoms with E-state index in [4.69, 9.17) is 4.74 Å². The smallest absolute Gasteiger partial charge is 0.325 e. The standard InChI is InChI=1S/C21H29N3O4/c1-15-5-4-12-23(13-15)18(25)14-24-19(26)21(2,22-20(24)27)11-10-16-6-8-17(28-3)9-7-16/h6-9,15H,4-5,10-14H2,1-3H3,(H,22,27)/t15-,21-/m0/s1. The number of carbonyl (C=O) groups is 3. The van der Waals surface area contributed by atoms with Crippen LogP contribution in [-0.2, 0) is 16.0 Å². The number of methoxy groups -OCH3 is 1. The lowest BCUT2D eigenvalue weighted by molar-refractivity contribution is -0.139. The fourth-order valence-electron chi connectivity index (χ4n) is 3.90. The first kappa shape index (κ1) is 20.2. The van der Waals surface area contributed by atoms with E-state index < -0.39 is 11.6 Å². The van der Waals surface area contributed by atoms with Gasteiger partial charge >= 0.3 is 6.03 Å². The van der Waals surface area contributed by atoms with Crippen LogP contribution in [0.3, 0.4) is 0 Å². The summed E-state index contributed by atoms with van der Waals surface area (Å²) in [6.45, 7) is 5.04. The lowest BCUT2D eigenvalue weighted by Crippen LogP contribution is -2.47. The molecule has 2 aliphatic rings. The number of rotatable bonds is 6. The molecular weight excluding hydrogens is 358 g/mol.